The molecule has 0 saturated carbocycles. The normalized spacial score (nSPS) is 12.5. The van der Waals surface area contributed by atoms with Gasteiger partial charge in [0.05, 0.1) is 6.10 Å². The van der Waals surface area contributed by atoms with Crippen LogP contribution in [-0.4, -0.2) is 13.2 Å². The van der Waals surface area contributed by atoms with Crippen molar-refractivity contribution >= 4 is 11.3 Å². The SMILES string of the molecule is Cc1ccsc1CNCCCOC(C)c1ccccc1. The second kappa shape index (κ2) is 8.20. The van der Waals surface area contributed by atoms with E-state index in [0.717, 1.165) is 26.1 Å². The third kappa shape index (κ3) is 4.75. The lowest BCUT2D eigenvalue weighted by atomic mass is 10.1. The van der Waals surface area contributed by atoms with E-state index in [2.05, 4.69) is 54.9 Å². The lowest BCUT2D eigenvalue weighted by Crippen LogP contribution is -2.16. The van der Waals surface area contributed by atoms with E-state index >= 15 is 0 Å². The molecule has 1 unspecified atom stereocenters. The zero-order valence-electron chi connectivity index (χ0n) is 12.3. The number of benzene rings is 1. The highest BCUT2D eigenvalue weighted by molar-refractivity contribution is 7.10. The van der Waals surface area contributed by atoms with Crippen LogP contribution < -0.4 is 5.32 Å². The molecule has 0 aliphatic heterocycles. The van der Waals surface area contributed by atoms with Gasteiger partial charge in [-0.15, -0.1) is 11.3 Å². The number of hydrogen-bond donors (Lipinski definition) is 1. The van der Waals surface area contributed by atoms with Gasteiger partial charge in [0.25, 0.3) is 0 Å². The van der Waals surface area contributed by atoms with Crippen molar-refractivity contribution in [1.29, 1.82) is 0 Å². The molecule has 0 spiro atoms. The molecule has 1 atom stereocenters. The van der Waals surface area contributed by atoms with Crippen molar-refractivity contribution in [3.8, 4) is 0 Å². The summed E-state index contributed by atoms with van der Waals surface area (Å²) in [5.41, 5.74) is 2.63. The summed E-state index contributed by atoms with van der Waals surface area (Å²) in [6.07, 6.45) is 1.22. The number of aryl methyl sites for hydroxylation is 1. The quantitative estimate of drug-likeness (QED) is 0.731. The molecule has 2 nitrogen and oxygen atoms in total. The Balaban J connectivity index is 1.57. The second-order valence-electron chi connectivity index (χ2n) is 4.98. The summed E-state index contributed by atoms with van der Waals surface area (Å²) in [6, 6.07) is 12.5. The van der Waals surface area contributed by atoms with E-state index in [1.807, 2.05) is 17.4 Å². The van der Waals surface area contributed by atoms with Gasteiger partial charge in [0, 0.05) is 18.0 Å². The van der Waals surface area contributed by atoms with Crippen molar-refractivity contribution in [3.05, 3.63) is 57.8 Å². The van der Waals surface area contributed by atoms with Crippen LogP contribution >= 0.6 is 11.3 Å². The highest BCUT2D eigenvalue weighted by Gasteiger charge is 2.04. The fraction of sp³-hybridized carbons (Fsp3) is 0.412. The number of rotatable bonds is 8. The van der Waals surface area contributed by atoms with Gasteiger partial charge < -0.3 is 10.1 Å². The molecule has 0 aliphatic carbocycles. The Labute approximate surface area is 125 Å². The third-order valence-electron chi connectivity index (χ3n) is 3.39. The minimum Gasteiger partial charge on any atom is -0.374 e. The van der Waals surface area contributed by atoms with E-state index in [1.54, 1.807) is 0 Å². The van der Waals surface area contributed by atoms with Gasteiger partial charge in [-0.25, -0.2) is 0 Å². The van der Waals surface area contributed by atoms with Crippen LogP contribution in [0.2, 0.25) is 0 Å². The Morgan fingerprint density at radius 3 is 2.70 bits per heavy atom. The maximum Gasteiger partial charge on any atom is 0.0796 e. The Bertz CT molecular complexity index is 495. The maximum absolute atomic E-state index is 5.85. The van der Waals surface area contributed by atoms with Crippen LogP contribution in [0.25, 0.3) is 0 Å². The Morgan fingerprint density at radius 2 is 2.00 bits per heavy atom. The number of thiophene rings is 1. The van der Waals surface area contributed by atoms with Crippen molar-refractivity contribution in [2.45, 2.75) is 32.9 Å². The van der Waals surface area contributed by atoms with E-state index in [4.69, 9.17) is 4.74 Å². The molecular formula is C17H23NOS. The predicted octanol–water partition coefficient (Wildman–Crippen LogP) is 4.31. The first kappa shape index (κ1) is 15.2. The molecule has 0 radical (unpaired) electrons. The number of ether oxygens (including phenoxy) is 1. The van der Waals surface area contributed by atoms with Crippen LogP contribution in [-0.2, 0) is 11.3 Å². The van der Waals surface area contributed by atoms with Gasteiger partial charge in [-0.05, 0) is 49.4 Å². The lowest BCUT2D eigenvalue weighted by molar-refractivity contribution is 0.0641. The molecule has 20 heavy (non-hydrogen) atoms. The summed E-state index contributed by atoms with van der Waals surface area (Å²) in [5.74, 6) is 0. The van der Waals surface area contributed by atoms with E-state index < -0.39 is 0 Å². The highest BCUT2D eigenvalue weighted by atomic mass is 32.1. The average molecular weight is 289 g/mol. The Morgan fingerprint density at radius 1 is 1.20 bits per heavy atom. The molecule has 0 amide bonds. The van der Waals surface area contributed by atoms with Gasteiger partial charge in [0.15, 0.2) is 0 Å². The van der Waals surface area contributed by atoms with Crippen LogP contribution in [0.15, 0.2) is 41.8 Å². The van der Waals surface area contributed by atoms with E-state index in [1.165, 1.54) is 16.0 Å². The molecule has 2 aromatic rings. The maximum atomic E-state index is 5.85. The van der Waals surface area contributed by atoms with Crippen LogP contribution in [0.3, 0.4) is 0 Å². The van der Waals surface area contributed by atoms with Crippen molar-refractivity contribution < 1.29 is 4.74 Å². The van der Waals surface area contributed by atoms with Gasteiger partial charge >= 0.3 is 0 Å². The monoisotopic (exact) mass is 289 g/mol. The van der Waals surface area contributed by atoms with Crippen molar-refractivity contribution in [2.24, 2.45) is 0 Å². The lowest BCUT2D eigenvalue weighted by Gasteiger charge is -2.13. The molecule has 108 valence electrons. The number of nitrogens with one attached hydrogen (secondary N) is 1. The molecule has 0 aliphatic rings. The summed E-state index contributed by atoms with van der Waals surface area (Å²) in [4.78, 5) is 1.43. The number of hydrogen-bond acceptors (Lipinski definition) is 3. The molecule has 1 N–H and O–H groups in total. The smallest absolute Gasteiger partial charge is 0.0796 e. The van der Waals surface area contributed by atoms with Crippen LogP contribution in [0.5, 0.6) is 0 Å². The predicted molar refractivity (Wildman–Crippen MR) is 86.2 cm³/mol. The van der Waals surface area contributed by atoms with Crippen LogP contribution in [0, 0.1) is 6.92 Å². The summed E-state index contributed by atoms with van der Waals surface area (Å²) in [5, 5.41) is 5.62. The summed E-state index contributed by atoms with van der Waals surface area (Å²) in [7, 11) is 0. The molecule has 2 rings (SSSR count). The van der Waals surface area contributed by atoms with Gasteiger partial charge in [-0.1, -0.05) is 30.3 Å². The van der Waals surface area contributed by atoms with Gasteiger partial charge in [0.2, 0.25) is 0 Å². The Kier molecular flexibility index (Phi) is 6.25. The summed E-state index contributed by atoms with van der Waals surface area (Å²) >= 11 is 1.82. The molecule has 1 aromatic carbocycles. The third-order valence-corrected chi connectivity index (χ3v) is 4.41. The first-order chi connectivity index (χ1) is 9.77. The van der Waals surface area contributed by atoms with Crippen LogP contribution in [0.1, 0.15) is 35.5 Å². The standard InChI is InChI=1S/C17H23NOS/c1-14-9-12-20-17(14)13-18-10-6-11-19-15(2)16-7-4-3-5-8-16/h3-5,7-9,12,15,18H,6,10-11,13H2,1-2H3. The molecule has 0 bridgehead atoms. The van der Waals surface area contributed by atoms with Gasteiger partial charge in [-0.2, -0.15) is 0 Å². The van der Waals surface area contributed by atoms with Crippen molar-refractivity contribution in [2.75, 3.05) is 13.2 Å². The van der Waals surface area contributed by atoms with Gasteiger partial charge in [-0.3, -0.25) is 0 Å². The van der Waals surface area contributed by atoms with Crippen LogP contribution in [0.4, 0.5) is 0 Å². The molecule has 1 aromatic heterocycles. The highest BCUT2D eigenvalue weighted by Crippen LogP contribution is 2.16. The fourth-order valence-corrected chi connectivity index (χ4v) is 2.94. The van der Waals surface area contributed by atoms with E-state index in [0.29, 0.717) is 0 Å². The largest absolute Gasteiger partial charge is 0.374 e. The zero-order valence-corrected chi connectivity index (χ0v) is 13.1. The van der Waals surface area contributed by atoms with E-state index in [-0.39, 0.29) is 6.10 Å². The molecular weight excluding hydrogens is 266 g/mol. The zero-order chi connectivity index (χ0) is 14.2. The minimum absolute atomic E-state index is 0.177. The topological polar surface area (TPSA) is 21.3 Å². The first-order valence-electron chi connectivity index (χ1n) is 7.17. The Hall–Kier alpha value is -1.16. The minimum atomic E-state index is 0.177. The van der Waals surface area contributed by atoms with Crippen molar-refractivity contribution in [3.63, 3.8) is 0 Å². The summed E-state index contributed by atoms with van der Waals surface area (Å²) in [6.45, 7) is 7.04. The van der Waals surface area contributed by atoms with Gasteiger partial charge in [0.1, 0.15) is 0 Å². The second-order valence-corrected chi connectivity index (χ2v) is 5.98. The van der Waals surface area contributed by atoms with Crippen molar-refractivity contribution in [1.82, 2.24) is 5.32 Å². The first-order valence-corrected chi connectivity index (χ1v) is 8.05. The fourth-order valence-electron chi connectivity index (χ4n) is 2.06. The average Bonchev–Trinajstić information content (AvgIpc) is 2.89. The molecule has 1 heterocycles. The molecule has 0 saturated heterocycles. The van der Waals surface area contributed by atoms with E-state index in [9.17, 15) is 0 Å². The molecule has 3 heteroatoms. The molecule has 0 fully saturated rings. The summed E-state index contributed by atoms with van der Waals surface area (Å²) < 4.78 is 5.85.